The maximum atomic E-state index is 12.5. The van der Waals surface area contributed by atoms with Gasteiger partial charge in [0.15, 0.2) is 0 Å². The Kier molecular flexibility index (Phi) is 4.86. The summed E-state index contributed by atoms with van der Waals surface area (Å²) in [6.07, 6.45) is 1.52. The van der Waals surface area contributed by atoms with Crippen molar-refractivity contribution in [3.8, 4) is 0 Å². The lowest BCUT2D eigenvalue weighted by Crippen LogP contribution is -2.38. The molecule has 0 saturated heterocycles. The molecule has 3 rings (SSSR count). The molecule has 0 atom stereocenters. The van der Waals surface area contributed by atoms with Crippen LogP contribution in [0.3, 0.4) is 0 Å². The number of halogens is 1. The van der Waals surface area contributed by atoms with Crippen molar-refractivity contribution in [2.45, 2.75) is 24.9 Å². The normalized spacial score (nSPS) is 14.7. The highest BCUT2D eigenvalue weighted by atomic mass is 35.5. The second-order valence-electron chi connectivity index (χ2n) is 5.92. The number of amides is 1. The van der Waals surface area contributed by atoms with Crippen LogP contribution in [-0.4, -0.2) is 18.4 Å². The van der Waals surface area contributed by atoms with Crippen molar-refractivity contribution in [1.82, 2.24) is 5.32 Å². The number of carbonyl (C=O) groups excluding carboxylic acids is 2. The van der Waals surface area contributed by atoms with Gasteiger partial charge in [-0.3, -0.25) is 9.59 Å². The molecule has 2 aromatic rings. The molecule has 1 aliphatic rings. The molecule has 5 heteroatoms. The topological polar surface area (TPSA) is 55.4 Å². The first-order valence-electron chi connectivity index (χ1n) is 7.84. The van der Waals surface area contributed by atoms with Gasteiger partial charge in [-0.2, -0.15) is 0 Å². The van der Waals surface area contributed by atoms with Crippen molar-refractivity contribution in [2.24, 2.45) is 0 Å². The van der Waals surface area contributed by atoms with Crippen molar-refractivity contribution < 1.29 is 14.3 Å². The number of esters is 1. The number of ether oxygens (including phenoxy) is 1. The van der Waals surface area contributed by atoms with E-state index < -0.39 is 11.4 Å². The van der Waals surface area contributed by atoms with E-state index in [0.717, 1.165) is 24.0 Å². The molecule has 0 aliphatic heterocycles. The summed E-state index contributed by atoms with van der Waals surface area (Å²) in [7, 11) is 0. The highest BCUT2D eigenvalue weighted by Gasteiger charge is 2.51. The summed E-state index contributed by atoms with van der Waals surface area (Å²) >= 11 is 6.00. The van der Waals surface area contributed by atoms with Gasteiger partial charge in [0.2, 0.25) is 5.91 Å². The monoisotopic (exact) mass is 343 g/mol. The van der Waals surface area contributed by atoms with E-state index in [1.807, 2.05) is 48.5 Å². The molecule has 4 nitrogen and oxygen atoms in total. The summed E-state index contributed by atoms with van der Waals surface area (Å²) in [6, 6.07) is 16.7. The fourth-order valence-corrected chi connectivity index (χ4v) is 2.86. The smallest absolute Gasteiger partial charge is 0.325 e. The van der Waals surface area contributed by atoms with Gasteiger partial charge in [0.1, 0.15) is 13.2 Å². The van der Waals surface area contributed by atoms with Crippen LogP contribution in [0.1, 0.15) is 24.0 Å². The predicted octanol–water partition coefficient (Wildman–Crippen LogP) is 3.23. The SMILES string of the molecule is O=C(CNC(=O)C1(c2cccc(Cl)c2)CC1)OCc1ccccc1. The van der Waals surface area contributed by atoms with Gasteiger partial charge in [0.05, 0.1) is 5.41 Å². The third-order valence-electron chi connectivity index (χ3n) is 4.20. The molecule has 124 valence electrons. The van der Waals surface area contributed by atoms with Crippen LogP contribution in [-0.2, 0) is 26.3 Å². The average molecular weight is 344 g/mol. The third-order valence-corrected chi connectivity index (χ3v) is 4.43. The Morgan fingerprint density at radius 1 is 1.08 bits per heavy atom. The number of nitrogens with one attached hydrogen (secondary N) is 1. The Balaban J connectivity index is 1.51. The summed E-state index contributed by atoms with van der Waals surface area (Å²) < 4.78 is 5.16. The minimum atomic E-state index is -0.551. The molecule has 0 radical (unpaired) electrons. The van der Waals surface area contributed by atoms with Crippen LogP contribution < -0.4 is 5.32 Å². The molecule has 1 saturated carbocycles. The van der Waals surface area contributed by atoms with Crippen LogP contribution in [0.25, 0.3) is 0 Å². The second kappa shape index (κ2) is 7.05. The number of rotatable bonds is 6. The van der Waals surface area contributed by atoms with Crippen molar-refractivity contribution in [3.63, 3.8) is 0 Å². The van der Waals surface area contributed by atoms with Crippen LogP contribution in [0, 0.1) is 0 Å². The van der Waals surface area contributed by atoms with Gasteiger partial charge in [0, 0.05) is 5.02 Å². The molecule has 24 heavy (non-hydrogen) atoms. The Bertz CT molecular complexity index is 741. The number of carbonyl (C=O) groups is 2. The highest BCUT2D eigenvalue weighted by Crippen LogP contribution is 2.48. The van der Waals surface area contributed by atoms with Crippen LogP contribution in [0.15, 0.2) is 54.6 Å². The number of hydrogen-bond acceptors (Lipinski definition) is 3. The van der Waals surface area contributed by atoms with E-state index >= 15 is 0 Å². The van der Waals surface area contributed by atoms with E-state index in [1.165, 1.54) is 0 Å². The lowest BCUT2D eigenvalue weighted by molar-refractivity contribution is -0.145. The Morgan fingerprint density at radius 3 is 2.50 bits per heavy atom. The van der Waals surface area contributed by atoms with Crippen LogP contribution in [0.5, 0.6) is 0 Å². The van der Waals surface area contributed by atoms with Gasteiger partial charge in [-0.25, -0.2) is 0 Å². The van der Waals surface area contributed by atoms with E-state index in [2.05, 4.69) is 5.32 Å². The molecule has 0 spiro atoms. The van der Waals surface area contributed by atoms with E-state index in [9.17, 15) is 9.59 Å². The molecule has 0 heterocycles. The molecule has 0 bridgehead atoms. The van der Waals surface area contributed by atoms with Crippen LogP contribution in [0.2, 0.25) is 5.02 Å². The molecular formula is C19H18ClNO3. The number of benzene rings is 2. The van der Waals surface area contributed by atoms with Gasteiger partial charge in [-0.05, 0) is 36.1 Å². The van der Waals surface area contributed by atoms with E-state index in [4.69, 9.17) is 16.3 Å². The van der Waals surface area contributed by atoms with Crippen molar-refractivity contribution in [2.75, 3.05) is 6.54 Å². The van der Waals surface area contributed by atoms with E-state index in [1.54, 1.807) is 6.07 Å². The maximum absolute atomic E-state index is 12.5. The third kappa shape index (κ3) is 3.77. The lowest BCUT2D eigenvalue weighted by atomic mass is 9.95. The highest BCUT2D eigenvalue weighted by molar-refractivity contribution is 6.30. The fourth-order valence-electron chi connectivity index (χ4n) is 2.67. The first-order chi connectivity index (χ1) is 11.6. The Morgan fingerprint density at radius 2 is 1.83 bits per heavy atom. The molecule has 1 fully saturated rings. The van der Waals surface area contributed by atoms with Crippen LogP contribution >= 0.6 is 11.6 Å². The molecule has 0 aromatic heterocycles. The summed E-state index contributed by atoms with van der Waals surface area (Å²) in [5, 5.41) is 3.29. The average Bonchev–Trinajstić information content (AvgIpc) is 3.41. The van der Waals surface area contributed by atoms with Crippen molar-refractivity contribution in [1.29, 1.82) is 0 Å². The number of hydrogen-bond donors (Lipinski definition) is 1. The quantitative estimate of drug-likeness (QED) is 0.819. The second-order valence-corrected chi connectivity index (χ2v) is 6.36. The largest absolute Gasteiger partial charge is 0.460 e. The van der Waals surface area contributed by atoms with Gasteiger partial charge >= 0.3 is 5.97 Å². The van der Waals surface area contributed by atoms with E-state index in [0.29, 0.717) is 5.02 Å². The Hall–Kier alpha value is -2.33. The van der Waals surface area contributed by atoms with Gasteiger partial charge in [-0.15, -0.1) is 0 Å². The predicted molar refractivity (Wildman–Crippen MR) is 91.6 cm³/mol. The summed E-state index contributed by atoms with van der Waals surface area (Å²) in [5.74, 6) is -0.601. The van der Waals surface area contributed by atoms with Crippen LogP contribution in [0.4, 0.5) is 0 Å². The standard InChI is InChI=1S/C19H18ClNO3/c20-16-8-4-7-15(11-16)19(9-10-19)18(23)21-12-17(22)24-13-14-5-2-1-3-6-14/h1-8,11H,9-10,12-13H2,(H,21,23). The first-order valence-corrected chi connectivity index (χ1v) is 8.22. The van der Waals surface area contributed by atoms with Gasteiger partial charge in [-0.1, -0.05) is 54.1 Å². The van der Waals surface area contributed by atoms with Gasteiger partial charge < -0.3 is 10.1 Å². The molecular weight excluding hydrogens is 326 g/mol. The first kappa shape index (κ1) is 16.5. The molecule has 1 aliphatic carbocycles. The zero-order valence-electron chi connectivity index (χ0n) is 13.1. The van der Waals surface area contributed by atoms with E-state index in [-0.39, 0.29) is 19.1 Å². The summed E-state index contributed by atoms with van der Waals surface area (Å²) in [5.41, 5.74) is 1.25. The molecule has 1 amide bonds. The van der Waals surface area contributed by atoms with Crippen molar-refractivity contribution >= 4 is 23.5 Å². The zero-order chi connectivity index (χ0) is 17.0. The minimum absolute atomic E-state index is 0.131. The molecule has 1 N–H and O–H groups in total. The maximum Gasteiger partial charge on any atom is 0.325 e. The molecule has 2 aromatic carbocycles. The summed E-state index contributed by atoms with van der Waals surface area (Å²) in [6.45, 7) is 0.0724. The zero-order valence-corrected chi connectivity index (χ0v) is 13.9. The molecule has 0 unspecified atom stereocenters. The Labute approximate surface area is 145 Å². The summed E-state index contributed by atoms with van der Waals surface area (Å²) in [4.78, 5) is 24.3. The van der Waals surface area contributed by atoms with Gasteiger partial charge in [0.25, 0.3) is 0 Å². The fraction of sp³-hybridized carbons (Fsp3) is 0.263. The minimum Gasteiger partial charge on any atom is -0.460 e. The van der Waals surface area contributed by atoms with Crippen molar-refractivity contribution in [3.05, 3.63) is 70.7 Å². The lowest BCUT2D eigenvalue weighted by Gasteiger charge is -2.15.